The molecule has 3 aromatic rings. The lowest BCUT2D eigenvalue weighted by Crippen LogP contribution is -2.20. The Bertz CT molecular complexity index is 1060. The van der Waals surface area contributed by atoms with Crippen LogP contribution in [0.5, 0.6) is 17.2 Å². The number of methoxy groups -OCH3 is 2. The van der Waals surface area contributed by atoms with Crippen LogP contribution in [-0.4, -0.2) is 38.4 Å². The number of carbonyl (C=O) groups is 2. The van der Waals surface area contributed by atoms with Crippen molar-refractivity contribution in [3.8, 4) is 17.2 Å². The quantitative estimate of drug-likeness (QED) is 0.442. The summed E-state index contributed by atoms with van der Waals surface area (Å²) in [5, 5.41) is 5.63. The molecule has 0 radical (unpaired) electrons. The average molecular weight is 453 g/mol. The largest absolute Gasteiger partial charge is 0.497 e. The standard InChI is InChI=1S/C24H24N2O5S/c1-29-19-11-12-22(30-2)21(14-19)26-24(28)16-32-20-10-6-7-17(13-20)25-23(27)15-31-18-8-4-3-5-9-18/h3-14H,15-16H2,1-2H3,(H,25,27)(H,26,28). The van der Waals surface area contributed by atoms with Crippen molar-refractivity contribution in [1.29, 1.82) is 0 Å². The van der Waals surface area contributed by atoms with Crippen molar-refractivity contribution in [3.63, 3.8) is 0 Å². The number of amides is 2. The molecular formula is C24H24N2O5S. The molecule has 166 valence electrons. The Kier molecular flexibility index (Phi) is 8.39. The Morgan fingerprint density at radius 1 is 0.812 bits per heavy atom. The second-order valence-electron chi connectivity index (χ2n) is 6.58. The van der Waals surface area contributed by atoms with Crippen molar-refractivity contribution < 1.29 is 23.8 Å². The van der Waals surface area contributed by atoms with Gasteiger partial charge in [0, 0.05) is 16.6 Å². The van der Waals surface area contributed by atoms with Gasteiger partial charge >= 0.3 is 0 Å². The molecular weight excluding hydrogens is 428 g/mol. The molecule has 0 unspecified atom stereocenters. The van der Waals surface area contributed by atoms with Gasteiger partial charge in [0.2, 0.25) is 5.91 Å². The maximum absolute atomic E-state index is 12.4. The lowest BCUT2D eigenvalue weighted by Gasteiger charge is -2.12. The van der Waals surface area contributed by atoms with E-state index in [1.807, 2.05) is 36.4 Å². The third-order valence-corrected chi connectivity index (χ3v) is 5.28. The molecule has 0 heterocycles. The first-order valence-corrected chi connectivity index (χ1v) is 10.8. The highest BCUT2D eigenvalue weighted by atomic mass is 32.2. The zero-order valence-electron chi connectivity index (χ0n) is 17.8. The smallest absolute Gasteiger partial charge is 0.262 e. The molecule has 0 fully saturated rings. The second kappa shape index (κ2) is 11.7. The Balaban J connectivity index is 1.51. The van der Waals surface area contributed by atoms with Crippen molar-refractivity contribution in [3.05, 3.63) is 72.8 Å². The molecule has 0 atom stereocenters. The van der Waals surface area contributed by atoms with E-state index in [9.17, 15) is 9.59 Å². The van der Waals surface area contributed by atoms with Gasteiger partial charge in [-0.15, -0.1) is 11.8 Å². The van der Waals surface area contributed by atoms with Gasteiger partial charge in [-0.1, -0.05) is 24.3 Å². The monoisotopic (exact) mass is 452 g/mol. The zero-order chi connectivity index (χ0) is 22.8. The van der Waals surface area contributed by atoms with Crippen LogP contribution >= 0.6 is 11.8 Å². The second-order valence-corrected chi connectivity index (χ2v) is 7.63. The Morgan fingerprint density at radius 2 is 1.62 bits per heavy atom. The Morgan fingerprint density at radius 3 is 2.38 bits per heavy atom. The molecule has 8 heteroatoms. The number of ether oxygens (including phenoxy) is 3. The van der Waals surface area contributed by atoms with Gasteiger partial charge in [-0.05, 0) is 42.5 Å². The van der Waals surface area contributed by atoms with Gasteiger partial charge in [-0.2, -0.15) is 0 Å². The van der Waals surface area contributed by atoms with E-state index in [4.69, 9.17) is 14.2 Å². The van der Waals surface area contributed by atoms with Crippen LogP contribution in [0.15, 0.2) is 77.7 Å². The van der Waals surface area contributed by atoms with Gasteiger partial charge in [0.1, 0.15) is 17.2 Å². The molecule has 0 bridgehead atoms. The summed E-state index contributed by atoms with van der Waals surface area (Å²) in [6.07, 6.45) is 0. The molecule has 3 rings (SSSR count). The molecule has 0 spiro atoms. The van der Waals surface area contributed by atoms with E-state index in [1.54, 1.807) is 43.5 Å². The summed E-state index contributed by atoms with van der Waals surface area (Å²) < 4.78 is 15.9. The highest BCUT2D eigenvalue weighted by Crippen LogP contribution is 2.29. The first-order valence-electron chi connectivity index (χ1n) is 9.80. The molecule has 2 N–H and O–H groups in total. The lowest BCUT2D eigenvalue weighted by molar-refractivity contribution is -0.118. The van der Waals surface area contributed by atoms with E-state index in [1.165, 1.54) is 18.9 Å². The summed E-state index contributed by atoms with van der Waals surface area (Å²) in [5.74, 6) is 1.53. The minimum absolute atomic E-state index is 0.0911. The van der Waals surface area contributed by atoms with Gasteiger partial charge < -0.3 is 24.8 Å². The fraction of sp³-hybridized carbons (Fsp3) is 0.167. The van der Waals surface area contributed by atoms with Crippen LogP contribution in [0.2, 0.25) is 0 Å². The van der Waals surface area contributed by atoms with E-state index < -0.39 is 0 Å². The summed E-state index contributed by atoms with van der Waals surface area (Å²) in [6.45, 7) is -0.0911. The number of thioether (sulfide) groups is 1. The van der Waals surface area contributed by atoms with Crippen LogP contribution < -0.4 is 24.8 Å². The summed E-state index contributed by atoms with van der Waals surface area (Å²) in [6, 6.07) is 21.6. The molecule has 0 aliphatic heterocycles. The molecule has 0 saturated carbocycles. The van der Waals surface area contributed by atoms with Crippen LogP contribution in [-0.2, 0) is 9.59 Å². The van der Waals surface area contributed by atoms with E-state index in [0.29, 0.717) is 28.6 Å². The first-order chi connectivity index (χ1) is 15.6. The Hall–Kier alpha value is -3.65. The van der Waals surface area contributed by atoms with E-state index in [-0.39, 0.29) is 24.2 Å². The lowest BCUT2D eigenvalue weighted by atomic mass is 10.2. The zero-order valence-corrected chi connectivity index (χ0v) is 18.6. The first kappa shape index (κ1) is 23.0. The van der Waals surface area contributed by atoms with Crippen LogP contribution in [0.3, 0.4) is 0 Å². The van der Waals surface area contributed by atoms with E-state index >= 15 is 0 Å². The van der Waals surface area contributed by atoms with Crippen LogP contribution in [0.25, 0.3) is 0 Å². The summed E-state index contributed by atoms with van der Waals surface area (Å²) in [7, 11) is 3.10. The fourth-order valence-corrected chi connectivity index (χ4v) is 3.53. The van der Waals surface area contributed by atoms with Crippen molar-refractivity contribution in [2.75, 3.05) is 37.2 Å². The fourth-order valence-electron chi connectivity index (χ4n) is 2.77. The van der Waals surface area contributed by atoms with Gasteiger partial charge in [-0.25, -0.2) is 0 Å². The SMILES string of the molecule is COc1ccc(OC)c(NC(=O)CSc2cccc(NC(=O)COc3ccccc3)c2)c1. The molecule has 3 aromatic carbocycles. The number of hydrogen-bond acceptors (Lipinski definition) is 6. The topological polar surface area (TPSA) is 85.9 Å². The third kappa shape index (κ3) is 6.95. The molecule has 7 nitrogen and oxygen atoms in total. The molecule has 0 aromatic heterocycles. The van der Waals surface area contributed by atoms with E-state index in [0.717, 1.165) is 4.90 Å². The van der Waals surface area contributed by atoms with Gasteiger partial charge in [0.05, 0.1) is 25.7 Å². The number of carbonyl (C=O) groups excluding carboxylic acids is 2. The number of para-hydroxylation sites is 1. The number of hydrogen-bond donors (Lipinski definition) is 2. The number of rotatable bonds is 10. The van der Waals surface area contributed by atoms with Crippen LogP contribution in [0, 0.1) is 0 Å². The molecule has 32 heavy (non-hydrogen) atoms. The van der Waals surface area contributed by atoms with Crippen LogP contribution in [0.4, 0.5) is 11.4 Å². The number of benzene rings is 3. The number of anilines is 2. The van der Waals surface area contributed by atoms with E-state index in [2.05, 4.69) is 10.6 Å². The summed E-state index contributed by atoms with van der Waals surface area (Å²) in [4.78, 5) is 25.4. The summed E-state index contributed by atoms with van der Waals surface area (Å²) in [5.41, 5.74) is 1.17. The maximum atomic E-state index is 12.4. The van der Waals surface area contributed by atoms with Crippen molar-refractivity contribution in [2.45, 2.75) is 4.90 Å². The summed E-state index contributed by atoms with van der Waals surface area (Å²) >= 11 is 1.36. The third-order valence-electron chi connectivity index (χ3n) is 4.28. The predicted octanol–water partition coefficient (Wildman–Crippen LogP) is 4.45. The van der Waals surface area contributed by atoms with Gasteiger partial charge in [0.25, 0.3) is 5.91 Å². The minimum atomic E-state index is -0.265. The number of nitrogens with one attached hydrogen (secondary N) is 2. The van der Waals surface area contributed by atoms with Crippen molar-refractivity contribution in [1.82, 2.24) is 0 Å². The van der Waals surface area contributed by atoms with Crippen molar-refractivity contribution >= 4 is 35.0 Å². The molecule has 2 amide bonds. The van der Waals surface area contributed by atoms with Crippen LogP contribution in [0.1, 0.15) is 0 Å². The van der Waals surface area contributed by atoms with Gasteiger partial charge in [-0.3, -0.25) is 9.59 Å². The highest BCUT2D eigenvalue weighted by molar-refractivity contribution is 8.00. The molecule has 0 aliphatic carbocycles. The van der Waals surface area contributed by atoms with Gasteiger partial charge in [0.15, 0.2) is 6.61 Å². The Labute approximate surface area is 191 Å². The molecule has 0 saturated heterocycles. The minimum Gasteiger partial charge on any atom is -0.497 e. The maximum Gasteiger partial charge on any atom is 0.262 e. The normalized spacial score (nSPS) is 10.2. The van der Waals surface area contributed by atoms with Crippen molar-refractivity contribution in [2.24, 2.45) is 0 Å². The predicted molar refractivity (Wildman–Crippen MR) is 126 cm³/mol. The molecule has 0 aliphatic rings. The highest BCUT2D eigenvalue weighted by Gasteiger charge is 2.10. The average Bonchev–Trinajstić information content (AvgIpc) is 2.82.